The van der Waals surface area contributed by atoms with Crippen molar-refractivity contribution in [3.63, 3.8) is 0 Å². The standard InChI is InChI=1S/C58H36N6/c59-36-38-19-21-39(22-20-38)50-35-58(64-54-18-10-8-16-47(54)49-26-24-43(34-56(49)64)45-28-30-61-52(32-45)41-13-5-2-6-14-41)62-37-57(50)63-53-17-9-7-15-46(53)48-25-23-42(33-55(48)63)44-27-29-60-51(31-44)40-11-3-1-4-12-40/h1-35,37H. The Bertz CT molecular complexity index is 3780. The van der Waals surface area contributed by atoms with Crippen molar-refractivity contribution < 1.29 is 0 Å². The van der Waals surface area contributed by atoms with Crippen molar-refractivity contribution in [2.45, 2.75) is 0 Å². The summed E-state index contributed by atoms with van der Waals surface area (Å²) in [6.07, 6.45) is 5.79. The molecular formula is C58H36N6. The summed E-state index contributed by atoms with van der Waals surface area (Å²) >= 11 is 0. The molecule has 0 atom stereocenters. The van der Waals surface area contributed by atoms with E-state index in [2.05, 4.69) is 155 Å². The van der Waals surface area contributed by atoms with Crippen LogP contribution < -0.4 is 0 Å². The van der Waals surface area contributed by atoms with Crippen LogP contribution in [0, 0.1) is 11.3 Å². The van der Waals surface area contributed by atoms with Crippen LogP contribution >= 0.6 is 0 Å². The Balaban J connectivity index is 1.07. The molecule has 12 aromatic rings. The van der Waals surface area contributed by atoms with Gasteiger partial charge in [0.1, 0.15) is 5.82 Å². The van der Waals surface area contributed by atoms with Crippen LogP contribution in [0.25, 0.3) is 111 Å². The molecule has 0 aliphatic heterocycles. The molecule has 0 amide bonds. The van der Waals surface area contributed by atoms with E-state index in [0.29, 0.717) is 5.56 Å². The number of pyridine rings is 3. The molecule has 7 aromatic carbocycles. The Labute approximate surface area is 369 Å². The molecule has 0 bridgehead atoms. The number of nitriles is 1. The lowest BCUT2D eigenvalue weighted by Gasteiger charge is -2.17. The molecule has 6 nitrogen and oxygen atoms in total. The van der Waals surface area contributed by atoms with E-state index in [1.54, 1.807) is 0 Å². The Morgan fingerprint density at radius 2 is 0.828 bits per heavy atom. The first-order valence-electron chi connectivity index (χ1n) is 21.3. The molecule has 0 unspecified atom stereocenters. The Kier molecular flexibility index (Phi) is 8.77. The quantitative estimate of drug-likeness (QED) is 0.161. The van der Waals surface area contributed by atoms with Crippen LogP contribution in [-0.2, 0) is 0 Å². The molecule has 0 radical (unpaired) electrons. The lowest BCUT2D eigenvalue weighted by Crippen LogP contribution is -2.03. The molecule has 0 N–H and O–H groups in total. The van der Waals surface area contributed by atoms with E-state index >= 15 is 0 Å². The number of aromatic nitrogens is 5. The molecular weight excluding hydrogens is 781 g/mol. The van der Waals surface area contributed by atoms with Gasteiger partial charge in [-0.25, -0.2) is 4.98 Å². The molecule has 0 aliphatic carbocycles. The predicted octanol–water partition coefficient (Wildman–Crippen LogP) is 14.3. The maximum absolute atomic E-state index is 9.82. The van der Waals surface area contributed by atoms with E-state index in [1.165, 1.54) is 0 Å². The molecule has 6 heteroatoms. The number of rotatable bonds is 7. The fourth-order valence-corrected chi connectivity index (χ4v) is 9.25. The van der Waals surface area contributed by atoms with Crippen molar-refractivity contribution >= 4 is 43.6 Å². The molecule has 12 rings (SSSR count). The second-order valence-electron chi connectivity index (χ2n) is 16.0. The van der Waals surface area contributed by atoms with Crippen LogP contribution in [0.5, 0.6) is 0 Å². The van der Waals surface area contributed by atoms with E-state index in [-0.39, 0.29) is 0 Å². The third kappa shape index (κ3) is 6.22. The van der Waals surface area contributed by atoms with Gasteiger partial charge in [0.2, 0.25) is 0 Å². The SMILES string of the molecule is N#Cc1ccc(-c2cc(-n3c4ccccc4c4ccc(-c5ccnc(-c6ccccc6)c5)cc43)ncc2-n2c3ccccc3c3ccc(-c4ccnc(-c5ccccc5)c4)cc32)cc1. The zero-order valence-electron chi connectivity index (χ0n) is 34.5. The number of fused-ring (bicyclic) bond motifs is 6. The van der Waals surface area contributed by atoms with Gasteiger partial charge in [-0.15, -0.1) is 0 Å². The van der Waals surface area contributed by atoms with Crippen LogP contribution in [0.2, 0.25) is 0 Å². The van der Waals surface area contributed by atoms with E-state index in [1.807, 2.05) is 79.3 Å². The summed E-state index contributed by atoms with van der Waals surface area (Å²) in [6.45, 7) is 0. The van der Waals surface area contributed by atoms with Crippen LogP contribution in [0.3, 0.4) is 0 Å². The summed E-state index contributed by atoms with van der Waals surface area (Å²) in [4.78, 5) is 14.8. The van der Waals surface area contributed by atoms with Gasteiger partial charge in [0.15, 0.2) is 0 Å². The first-order chi connectivity index (χ1) is 31.7. The Morgan fingerprint density at radius 3 is 1.39 bits per heavy atom. The van der Waals surface area contributed by atoms with E-state index in [0.717, 1.165) is 111 Å². The summed E-state index contributed by atoms with van der Waals surface area (Å²) in [5.74, 6) is 0.790. The summed E-state index contributed by atoms with van der Waals surface area (Å²) in [5.41, 5.74) is 16.1. The van der Waals surface area contributed by atoms with E-state index in [9.17, 15) is 5.26 Å². The highest BCUT2D eigenvalue weighted by molar-refractivity contribution is 6.12. The average molecular weight is 817 g/mol. The topological polar surface area (TPSA) is 72.3 Å². The van der Waals surface area contributed by atoms with E-state index < -0.39 is 0 Å². The van der Waals surface area contributed by atoms with Gasteiger partial charge in [-0.05, 0) is 94.5 Å². The monoisotopic (exact) mass is 816 g/mol. The molecule has 64 heavy (non-hydrogen) atoms. The highest BCUT2D eigenvalue weighted by Crippen LogP contribution is 2.41. The molecule has 5 heterocycles. The van der Waals surface area contributed by atoms with Gasteiger partial charge in [0.05, 0.1) is 57.0 Å². The third-order valence-corrected chi connectivity index (χ3v) is 12.3. The van der Waals surface area contributed by atoms with Crippen LogP contribution in [0.4, 0.5) is 0 Å². The molecule has 0 saturated carbocycles. The smallest absolute Gasteiger partial charge is 0.138 e. The molecule has 298 valence electrons. The zero-order valence-corrected chi connectivity index (χ0v) is 34.5. The molecule has 0 spiro atoms. The summed E-state index contributed by atoms with van der Waals surface area (Å²) in [7, 11) is 0. The van der Waals surface area contributed by atoms with Gasteiger partial charge in [0, 0.05) is 50.6 Å². The maximum atomic E-state index is 9.82. The van der Waals surface area contributed by atoms with Crippen molar-refractivity contribution in [1.82, 2.24) is 24.1 Å². The van der Waals surface area contributed by atoms with Crippen molar-refractivity contribution in [3.05, 3.63) is 224 Å². The van der Waals surface area contributed by atoms with Gasteiger partial charge in [-0.2, -0.15) is 5.26 Å². The van der Waals surface area contributed by atoms with Crippen molar-refractivity contribution in [2.75, 3.05) is 0 Å². The zero-order chi connectivity index (χ0) is 42.6. The fourth-order valence-electron chi connectivity index (χ4n) is 9.25. The predicted molar refractivity (Wildman–Crippen MR) is 260 cm³/mol. The van der Waals surface area contributed by atoms with Gasteiger partial charge in [-0.3, -0.25) is 14.5 Å². The minimum absolute atomic E-state index is 0.606. The minimum Gasteiger partial charge on any atom is -0.307 e. The average Bonchev–Trinajstić information content (AvgIpc) is 3.89. The minimum atomic E-state index is 0.606. The first-order valence-corrected chi connectivity index (χ1v) is 21.3. The molecule has 0 fully saturated rings. The molecule has 0 saturated heterocycles. The number of para-hydroxylation sites is 2. The summed E-state index contributed by atoms with van der Waals surface area (Å²) < 4.78 is 4.62. The van der Waals surface area contributed by atoms with Crippen molar-refractivity contribution in [2.24, 2.45) is 0 Å². The van der Waals surface area contributed by atoms with Crippen LogP contribution in [0.15, 0.2) is 219 Å². The highest BCUT2D eigenvalue weighted by Gasteiger charge is 2.21. The highest BCUT2D eigenvalue weighted by atomic mass is 15.1. The normalized spacial score (nSPS) is 11.4. The van der Waals surface area contributed by atoms with Crippen LogP contribution in [0.1, 0.15) is 5.56 Å². The fraction of sp³-hybridized carbons (Fsp3) is 0. The Morgan fingerprint density at radius 1 is 0.359 bits per heavy atom. The second kappa shape index (κ2) is 15.2. The van der Waals surface area contributed by atoms with E-state index in [4.69, 9.17) is 15.0 Å². The van der Waals surface area contributed by atoms with Gasteiger partial charge >= 0.3 is 0 Å². The maximum Gasteiger partial charge on any atom is 0.138 e. The lowest BCUT2D eigenvalue weighted by atomic mass is 10.0. The number of hydrogen-bond donors (Lipinski definition) is 0. The Hall–Kier alpha value is -8.92. The van der Waals surface area contributed by atoms with Crippen molar-refractivity contribution in [3.8, 4) is 73.5 Å². The van der Waals surface area contributed by atoms with Gasteiger partial charge < -0.3 is 4.57 Å². The van der Waals surface area contributed by atoms with Crippen molar-refractivity contribution in [1.29, 1.82) is 5.26 Å². The third-order valence-electron chi connectivity index (χ3n) is 12.3. The molecule has 0 aliphatic rings. The number of benzene rings is 7. The molecule has 5 aromatic heterocycles. The number of nitrogens with zero attached hydrogens (tertiary/aromatic N) is 6. The summed E-state index contributed by atoms with van der Waals surface area (Å²) in [5, 5.41) is 14.4. The lowest BCUT2D eigenvalue weighted by molar-refractivity contribution is 1.06. The largest absolute Gasteiger partial charge is 0.307 e. The second-order valence-corrected chi connectivity index (χ2v) is 16.0. The number of hydrogen-bond acceptors (Lipinski definition) is 4. The van der Waals surface area contributed by atoms with Crippen LogP contribution in [-0.4, -0.2) is 24.1 Å². The summed E-state index contributed by atoms with van der Waals surface area (Å²) in [6, 6.07) is 72.0. The van der Waals surface area contributed by atoms with Gasteiger partial charge in [0.25, 0.3) is 0 Å². The van der Waals surface area contributed by atoms with Gasteiger partial charge in [-0.1, -0.05) is 133 Å². The first kappa shape index (κ1) is 36.9.